The Hall–Kier alpha value is -2.04. The van der Waals surface area contributed by atoms with E-state index in [1.165, 1.54) is 6.07 Å². The molecule has 0 aliphatic rings. The highest BCUT2D eigenvalue weighted by Gasteiger charge is 2.16. The Morgan fingerprint density at radius 2 is 2.05 bits per heavy atom. The number of nitrogens with zero attached hydrogens (tertiary/aromatic N) is 1. The van der Waals surface area contributed by atoms with Crippen LogP contribution in [-0.4, -0.2) is 20.6 Å². The smallest absolute Gasteiger partial charge is 0.337 e. The fraction of sp³-hybridized carbons (Fsp3) is 0.429. The van der Waals surface area contributed by atoms with Gasteiger partial charge < -0.3 is 10.1 Å². The zero-order chi connectivity index (χ0) is 14.2. The Morgan fingerprint density at radius 1 is 1.37 bits per heavy atom. The number of aromatic amines is 1. The highest BCUT2D eigenvalue weighted by Crippen LogP contribution is 2.21. The minimum atomic E-state index is -1.03. The van der Waals surface area contributed by atoms with E-state index in [1.54, 1.807) is 16.7 Å². The monoisotopic (exact) mass is 262 g/mol. The average Bonchev–Trinajstić information content (AvgIpc) is 2.60. The van der Waals surface area contributed by atoms with Crippen molar-refractivity contribution in [2.45, 2.75) is 33.7 Å². The van der Waals surface area contributed by atoms with Gasteiger partial charge in [0.05, 0.1) is 16.6 Å². The van der Waals surface area contributed by atoms with Gasteiger partial charge >= 0.3 is 11.7 Å². The van der Waals surface area contributed by atoms with Gasteiger partial charge in [-0.15, -0.1) is 0 Å². The number of carbonyl (C=O) groups is 1. The predicted molar refractivity (Wildman–Crippen MR) is 73.6 cm³/mol. The maximum absolute atomic E-state index is 11.9. The third-order valence-electron chi connectivity index (χ3n) is 3.13. The lowest BCUT2D eigenvalue weighted by Gasteiger charge is -2.18. The fourth-order valence-electron chi connectivity index (χ4n) is 2.03. The normalized spacial score (nSPS) is 11.9. The number of para-hydroxylation sites is 1. The second kappa shape index (κ2) is 4.57. The molecule has 0 bridgehead atoms. The number of H-pyrrole nitrogens is 1. The second-order valence-electron chi connectivity index (χ2n) is 5.90. The molecule has 0 fully saturated rings. The molecule has 0 saturated carbocycles. The van der Waals surface area contributed by atoms with Crippen molar-refractivity contribution in [3.63, 3.8) is 0 Å². The van der Waals surface area contributed by atoms with Gasteiger partial charge in [-0.25, -0.2) is 9.59 Å². The Labute approximate surface area is 110 Å². The molecule has 0 aliphatic carbocycles. The Bertz CT molecular complexity index is 674. The highest BCUT2D eigenvalue weighted by molar-refractivity contribution is 6.00. The molecule has 0 saturated heterocycles. The van der Waals surface area contributed by atoms with E-state index in [1.807, 2.05) is 0 Å². The van der Waals surface area contributed by atoms with Crippen molar-refractivity contribution in [2.75, 3.05) is 0 Å². The Kier molecular flexibility index (Phi) is 3.22. The van der Waals surface area contributed by atoms with Crippen molar-refractivity contribution in [3.05, 3.63) is 34.2 Å². The molecule has 0 amide bonds. The summed E-state index contributed by atoms with van der Waals surface area (Å²) in [4.78, 5) is 25.7. The number of carboxylic acid groups (broad SMARTS) is 1. The summed E-state index contributed by atoms with van der Waals surface area (Å²) in [5.41, 5.74) is 1.04. The maximum atomic E-state index is 11.9. The van der Waals surface area contributed by atoms with Crippen LogP contribution < -0.4 is 5.69 Å². The number of carboxylic acids is 1. The van der Waals surface area contributed by atoms with Crippen molar-refractivity contribution < 1.29 is 9.90 Å². The average molecular weight is 262 g/mol. The summed E-state index contributed by atoms with van der Waals surface area (Å²) in [6.45, 7) is 6.89. The number of hydrogen-bond donors (Lipinski definition) is 2. The lowest BCUT2D eigenvalue weighted by atomic mass is 9.92. The molecule has 0 aliphatic heterocycles. The number of aryl methyl sites for hydroxylation is 1. The molecule has 2 N–H and O–H groups in total. The Morgan fingerprint density at radius 3 is 2.63 bits per heavy atom. The maximum Gasteiger partial charge on any atom is 0.337 e. The number of nitrogens with one attached hydrogen (secondary N) is 1. The first-order valence-electron chi connectivity index (χ1n) is 6.24. The standard InChI is InChI=1S/C14H18N2O3/c1-14(2,3)7-8-16-10-6-4-5-9(12(17)18)11(10)15-13(16)19/h4-6H,7-8H2,1-3H3,(H,15,19)(H,17,18). The summed E-state index contributed by atoms with van der Waals surface area (Å²) < 4.78 is 1.60. The second-order valence-corrected chi connectivity index (χ2v) is 5.90. The van der Waals surface area contributed by atoms with Crippen molar-refractivity contribution in [3.8, 4) is 0 Å². The molecule has 2 rings (SSSR count). The molecule has 102 valence electrons. The summed E-state index contributed by atoms with van der Waals surface area (Å²) in [6.07, 6.45) is 0.844. The fourth-order valence-corrected chi connectivity index (χ4v) is 2.03. The van der Waals surface area contributed by atoms with Gasteiger partial charge in [0, 0.05) is 6.54 Å². The van der Waals surface area contributed by atoms with E-state index in [0.717, 1.165) is 6.42 Å². The van der Waals surface area contributed by atoms with Crippen LogP contribution in [0.2, 0.25) is 0 Å². The molecule has 0 unspecified atom stereocenters. The highest BCUT2D eigenvalue weighted by atomic mass is 16.4. The molecule has 0 spiro atoms. The lowest BCUT2D eigenvalue weighted by Crippen LogP contribution is -2.20. The van der Waals surface area contributed by atoms with Gasteiger partial charge in [0.2, 0.25) is 0 Å². The summed E-state index contributed by atoms with van der Waals surface area (Å²) in [6, 6.07) is 4.92. The number of aromatic nitrogens is 2. The molecular weight excluding hydrogens is 244 g/mol. The van der Waals surface area contributed by atoms with Gasteiger partial charge in [-0.2, -0.15) is 0 Å². The van der Waals surface area contributed by atoms with Gasteiger partial charge in [0.25, 0.3) is 0 Å². The molecule has 0 radical (unpaired) electrons. The van der Waals surface area contributed by atoms with Gasteiger partial charge in [-0.05, 0) is 24.0 Å². The van der Waals surface area contributed by atoms with E-state index in [0.29, 0.717) is 17.6 Å². The predicted octanol–water partition coefficient (Wildman–Crippen LogP) is 2.46. The van der Waals surface area contributed by atoms with Gasteiger partial charge in [0.15, 0.2) is 0 Å². The van der Waals surface area contributed by atoms with Gasteiger partial charge in [0.1, 0.15) is 0 Å². The lowest BCUT2D eigenvalue weighted by molar-refractivity contribution is 0.0699. The molecule has 5 heteroatoms. The topological polar surface area (TPSA) is 75.1 Å². The van der Waals surface area contributed by atoms with Gasteiger partial charge in [-0.1, -0.05) is 26.8 Å². The summed E-state index contributed by atoms with van der Waals surface area (Å²) in [5.74, 6) is -1.03. The first-order chi connectivity index (χ1) is 8.79. The van der Waals surface area contributed by atoms with E-state index in [-0.39, 0.29) is 16.7 Å². The SMILES string of the molecule is CC(C)(C)CCn1c(=O)[nH]c2c(C(=O)O)cccc21. The number of benzene rings is 1. The van der Waals surface area contributed by atoms with Crippen LogP contribution in [-0.2, 0) is 6.54 Å². The largest absolute Gasteiger partial charge is 0.478 e. The van der Waals surface area contributed by atoms with Crippen LogP contribution in [0.4, 0.5) is 0 Å². The first kappa shape index (κ1) is 13.4. The first-order valence-corrected chi connectivity index (χ1v) is 6.24. The zero-order valence-electron chi connectivity index (χ0n) is 11.4. The van der Waals surface area contributed by atoms with E-state index >= 15 is 0 Å². The molecule has 0 atom stereocenters. The van der Waals surface area contributed by atoms with Crippen LogP contribution in [0, 0.1) is 5.41 Å². The number of imidazole rings is 1. The quantitative estimate of drug-likeness (QED) is 0.892. The summed E-state index contributed by atoms with van der Waals surface area (Å²) >= 11 is 0. The van der Waals surface area contributed by atoms with Crippen molar-refractivity contribution in [1.82, 2.24) is 9.55 Å². The molecule has 5 nitrogen and oxygen atoms in total. The van der Waals surface area contributed by atoms with E-state index in [4.69, 9.17) is 5.11 Å². The minimum absolute atomic E-state index is 0.118. The zero-order valence-corrected chi connectivity index (χ0v) is 11.4. The van der Waals surface area contributed by atoms with Crippen LogP contribution in [0.15, 0.2) is 23.0 Å². The minimum Gasteiger partial charge on any atom is -0.478 e. The molecule has 1 aromatic heterocycles. The van der Waals surface area contributed by atoms with Crippen LogP contribution in [0.1, 0.15) is 37.6 Å². The molecule has 19 heavy (non-hydrogen) atoms. The third kappa shape index (κ3) is 2.70. The van der Waals surface area contributed by atoms with Crippen LogP contribution >= 0.6 is 0 Å². The molecule has 1 heterocycles. The summed E-state index contributed by atoms with van der Waals surface area (Å²) in [7, 11) is 0. The summed E-state index contributed by atoms with van der Waals surface area (Å²) in [5, 5.41) is 9.11. The van der Waals surface area contributed by atoms with Crippen LogP contribution in [0.5, 0.6) is 0 Å². The Balaban J connectivity index is 2.51. The van der Waals surface area contributed by atoms with Crippen LogP contribution in [0.3, 0.4) is 0 Å². The molecule has 2 aromatic rings. The van der Waals surface area contributed by atoms with E-state index in [2.05, 4.69) is 25.8 Å². The number of aromatic carboxylic acids is 1. The van der Waals surface area contributed by atoms with Gasteiger partial charge in [-0.3, -0.25) is 4.57 Å². The molecular formula is C14H18N2O3. The van der Waals surface area contributed by atoms with Crippen molar-refractivity contribution in [1.29, 1.82) is 0 Å². The number of fused-ring (bicyclic) bond motifs is 1. The molecule has 1 aromatic carbocycles. The van der Waals surface area contributed by atoms with Crippen molar-refractivity contribution >= 4 is 17.0 Å². The van der Waals surface area contributed by atoms with E-state index in [9.17, 15) is 9.59 Å². The van der Waals surface area contributed by atoms with E-state index < -0.39 is 5.97 Å². The van der Waals surface area contributed by atoms with Crippen molar-refractivity contribution in [2.24, 2.45) is 5.41 Å². The number of rotatable bonds is 3. The number of hydrogen-bond acceptors (Lipinski definition) is 2. The van der Waals surface area contributed by atoms with Crippen LogP contribution in [0.25, 0.3) is 11.0 Å². The third-order valence-corrected chi connectivity index (χ3v) is 3.13.